The smallest absolute Gasteiger partial charge is 0.153 e. The lowest BCUT2D eigenvalue weighted by Gasteiger charge is -2.15. The summed E-state index contributed by atoms with van der Waals surface area (Å²) in [5, 5.41) is 3.40. The molecule has 0 bridgehead atoms. The minimum Gasteiger partial charge on any atom is -0.325 e. The molecule has 1 aromatic carbocycles. The predicted molar refractivity (Wildman–Crippen MR) is 146 cm³/mol. The van der Waals surface area contributed by atoms with Crippen LogP contribution < -0.4 is 10.0 Å². The summed E-state index contributed by atoms with van der Waals surface area (Å²) in [6.45, 7) is 3.69. The minimum atomic E-state index is -0.662. The molecule has 2 N–H and O–H groups in total. The minimum absolute atomic E-state index is 0.239. The van der Waals surface area contributed by atoms with Crippen molar-refractivity contribution in [1.82, 2.24) is 19.9 Å². The van der Waals surface area contributed by atoms with E-state index < -0.39 is 11.6 Å². The zero-order valence-corrected chi connectivity index (χ0v) is 22.5. The maximum absolute atomic E-state index is 14.0. The summed E-state index contributed by atoms with van der Waals surface area (Å²) in [7, 11) is 3.50. The quantitative estimate of drug-likeness (QED) is 0.0876. The SMILES string of the molecule is Cc1nccc(Nc2cc(-c3cnc(Cl)c(NSc4ccc(F)cc4F)c3C)ccn2)n1.SI. The van der Waals surface area contributed by atoms with Crippen molar-refractivity contribution in [3.8, 4) is 11.1 Å². The van der Waals surface area contributed by atoms with Gasteiger partial charge in [0.2, 0.25) is 0 Å². The Morgan fingerprint density at radius 3 is 2.47 bits per heavy atom. The fraction of sp³-hybridized carbons (Fsp3) is 0.0909. The Kier molecular flexibility index (Phi) is 9.68. The molecule has 34 heavy (non-hydrogen) atoms. The molecular formula is C22H18ClF2IN6S2. The summed E-state index contributed by atoms with van der Waals surface area (Å²) in [6.07, 6.45) is 5.01. The van der Waals surface area contributed by atoms with Crippen LogP contribution in [-0.4, -0.2) is 19.9 Å². The Balaban J connectivity index is 0.00000158. The van der Waals surface area contributed by atoms with Crippen molar-refractivity contribution in [2.24, 2.45) is 0 Å². The van der Waals surface area contributed by atoms with Crippen molar-refractivity contribution < 1.29 is 8.78 Å². The van der Waals surface area contributed by atoms with Gasteiger partial charge in [-0.05, 0) is 88.5 Å². The van der Waals surface area contributed by atoms with E-state index in [0.29, 0.717) is 23.1 Å². The molecule has 0 amide bonds. The van der Waals surface area contributed by atoms with Crippen molar-refractivity contribution in [3.63, 3.8) is 0 Å². The Morgan fingerprint density at radius 1 is 0.971 bits per heavy atom. The normalized spacial score (nSPS) is 10.3. The molecule has 4 rings (SSSR count). The molecule has 3 aromatic heterocycles. The average molecular weight is 631 g/mol. The van der Waals surface area contributed by atoms with Crippen LogP contribution in [0.2, 0.25) is 5.15 Å². The Labute approximate surface area is 222 Å². The second-order valence-electron chi connectivity index (χ2n) is 6.79. The van der Waals surface area contributed by atoms with E-state index >= 15 is 0 Å². The van der Waals surface area contributed by atoms with Crippen molar-refractivity contribution in [2.45, 2.75) is 18.7 Å². The third-order valence-electron chi connectivity index (χ3n) is 4.55. The van der Waals surface area contributed by atoms with Gasteiger partial charge in [0.15, 0.2) is 5.15 Å². The molecule has 0 atom stereocenters. The first-order valence-electron chi connectivity index (χ1n) is 9.63. The standard InChI is InChI=1S/C22H17ClF2N6S.HIS/c1-12-16(14-5-7-27-20(9-14)30-19-6-8-26-13(2)29-19)11-28-22(23)21(12)31-32-18-4-3-15(24)10-17(18)25;1-2/h3-11,31H,1-2H3,(H,26,27,29,30);2H. The first kappa shape index (κ1) is 26.4. The first-order valence-corrected chi connectivity index (χ1v) is 14.1. The number of nitrogens with one attached hydrogen (secondary N) is 2. The molecule has 0 aliphatic carbocycles. The van der Waals surface area contributed by atoms with Crippen molar-refractivity contribution in [3.05, 3.63) is 83.2 Å². The highest BCUT2D eigenvalue weighted by molar-refractivity contribution is 14.2. The van der Waals surface area contributed by atoms with Gasteiger partial charge in [0.1, 0.15) is 29.1 Å². The Bertz CT molecular complexity index is 1300. The van der Waals surface area contributed by atoms with Gasteiger partial charge in [0, 0.05) is 30.2 Å². The van der Waals surface area contributed by atoms with Crippen LogP contribution in [-0.2, 0) is 0 Å². The lowest BCUT2D eigenvalue weighted by atomic mass is 10.0. The van der Waals surface area contributed by atoms with Crippen LogP contribution in [0.4, 0.5) is 26.1 Å². The summed E-state index contributed by atoms with van der Waals surface area (Å²) in [5.41, 5.74) is 3.03. The maximum Gasteiger partial charge on any atom is 0.153 e. The maximum atomic E-state index is 14.0. The topological polar surface area (TPSA) is 75.6 Å². The van der Waals surface area contributed by atoms with Gasteiger partial charge in [-0.1, -0.05) is 11.6 Å². The van der Waals surface area contributed by atoms with E-state index in [1.807, 2.05) is 47.2 Å². The van der Waals surface area contributed by atoms with Crippen molar-refractivity contribution >= 4 is 71.9 Å². The molecule has 3 heterocycles. The molecular weight excluding hydrogens is 613 g/mol. The van der Waals surface area contributed by atoms with Gasteiger partial charge in [-0.25, -0.2) is 28.7 Å². The number of benzene rings is 1. The van der Waals surface area contributed by atoms with E-state index in [1.165, 1.54) is 12.1 Å². The second-order valence-corrected chi connectivity index (χ2v) is 7.99. The van der Waals surface area contributed by atoms with Crippen molar-refractivity contribution in [2.75, 3.05) is 10.0 Å². The predicted octanol–water partition coefficient (Wildman–Crippen LogP) is 7.61. The summed E-state index contributed by atoms with van der Waals surface area (Å²) in [6, 6.07) is 8.86. The van der Waals surface area contributed by atoms with Gasteiger partial charge >= 0.3 is 0 Å². The molecule has 4 aromatic rings. The third kappa shape index (κ3) is 6.68. The Hall–Kier alpha value is -2.22. The number of aryl methyl sites for hydroxylation is 1. The van der Waals surface area contributed by atoms with E-state index in [0.717, 1.165) is 34.7 Å². The van der Waals surface area contributed by atoms with Gasteiger partial charge in [0.05, 0.1) is 10.6 Å². The van der Waals surface area contributed by atoms with Crippen LogP contribution in [0.15, 0.2) is 59.9 Å². The van der Waals surface area contributed by atoms with Gasteiger partial charge in [0.25, 0.3) is 0 Å². The molecule has 0 radical (unpaired) electrons. The zero-order valence-electron chi connectivity index (χ0n) is 17.9. The van der Waals surface area contributed by atoms with Crippen LogP contribution >= 0.6 is 54.6 Å². The molecule has 0 saturated heterocycles. The van der Waals surface area contributed by atoms with E-state index in [2.05, 4.69) is 39.8 Å². The van der Waals surface area contributed by atoms with Crippen LogP contribution in [0.5, 0.6) is 0 Å². The van der Waals surface area contributed by atoms with Crippen LogP contribution in [0.1, 0.15) is 11.4 Å². The highest BCUT2D eigenvalue weighted by Gasteiger charge is 2.14. The number of hydrogen-bond donors (Lipinski definition) is 3. The molecule has 176 valence electrons. The largest absolute Gasteiger partial charge is 0.325 e. The Morgan fingerprint density at radius 2 is 1.74 bits per heavy atom. The molecule has 12 heteroatoms. The monoisotopic (exact) mass is 630 g/mol. The highest BCUT2D eigenvalue weighted by atomic mass is 127. The lowest BCUT2D eigenvalue weighted by molar-refractivity contribution is 0.566. The number of nitrogens with zero attached hydrogens (tertiary/aromatic N) is 4. The van der Waals surface area contributed by atoms with E-state index in [9.17, 15) is 8.78 Å². The van der Waals surface area contributed by atoms with Crippen LogP contribution in [0, 0.1) is 25.5 Å². The van der Waals surface area contributed by atoms with Gasteiger partial charge in [-0.15, -0.1) is 9.80 Å². The van der Waals surface area contributed by atoms with Crippen LogP contribution in [0.25, 0.3) is 11.1 Å². The first-order chi connectivity index (χ1) is 16.4. The summed E-state index contributed by atoms with van der Waals surface area (Å²) in [4.78, 5) is 17.2. The number of halogens is 4. The zero-order chi connectivity index (χ0) is 24.7. The summed E-state index contributed by atoms with van der Waals surface area (Å²) < 4.78 is 30.2. The molecule has 0 unspecified atom stereocenters. The molecule has 0 fully saturated rings. The number of aromatic nitrogens is 4. The molecule has 0 spiro atoms. The van der Waals surface area contributed by atoms with Crippen molar-refractivity contribution in [1.29, 1.82) is 0 Å². The molecule has 0 aliphatic rings. The number of pyridine rings is 2. The third-order valence-corrected chi connectivity index (χ3v) is 5.70. The fourth-order valence-electron chi connectivity index (χ4n) is 2.97. The number of hydrogen-bond acceptors (Lipinski definition) is 8. The number of thiol groups is 1. The molecule has 0 aliphatic heterocycles. The van der Waals surface area contributed by atoms with Crippen LogP contribution in [0.3, 0.4) is 0 Å². The van der Waals surface area contributed by atoms with Gasteiger partial charge in [-0.2, -0.15) is 0 Å². The van der Waals surface area contributed by atoms with Gasteiger partial charge < -0.3 is 10.0 Å². The highest BCUT2D eigenvalue weighted by Crippen LogP contribution is 2.36. The second kappa shape index (κ2) is 12.5. The fourth-order valence-corrected chi connectivity index (χ4v) is 4.02. The van der Waals surface area contributed by atoms with E-state index in [1.54, 1.807) is 24.7 Å². The summed E-state index contributed by atoms with van der Waals surface area (Å²) in [5.74, 6) is 0.587. The number of rotatable bonds is 6. The molecule has 6 nitrogen and oxygen atoms in total. The number of anilines is 3. The average Bonchev–Trinajstić information content (AvgIpc) is 2.82. The molecule has 0 saturated carbocycles. The van der Waals surface area contributed by atoms with Gasteiger partial charge in [-0.3, -0.25) is 0 Å². The lowest BCUT2D eigenvalue weighted by Crippen LogP contribution is -2.00. The van der Waals surface area contributed by atoms with E-state index in [-0.39, 0.29) is 10.0 Å². The van der Waals surface area contributed by atoms with E-state index in [4.69, 9.17) is 11.6 Å². The summed E-state index contributed by atoms with van der Waals surface area (Å²) >= 11 is 9.13.